The fourth-order valence-corrected chi connectivity index (χ4v) is 4.49. The summed E-state index contributed by atoms with van der Waals surface area (Å²) in [5.74, 6) is 0.0668. The summed E-state index contributed by atoms with van der Waals surface area (Å²) in [6.45, 7) is 2.24. The average Bonchev–Trinajstić information content (AvgIpc) is 2.67. The molecule has 0 unspecified atom stereocenters. The third-order valence-electron chi connectivity index (χ3n) is 5.83. The van der Waals surface area contributed by atoms with Crippen LogP contribution in [0.3, 0.4) is 0 Å². The number of hydrogen-bond donors (Lipinski definition) is 1. The van der Waals surface area contributed by atoms with Crippen LogP contribution in [0, 0.1) is 5.92 Å². The van der Waals surface area contributed by atoms with Gasteiger partial charge in [0.15, 0.2) is 5.78 Å². The van der Waals surface area contributed by atoms with E-state index in [0.29, 0.717) is 5.56 Å². The number of aromatic hydroxyl groups is 1. The molecule has 0 aliphatic heterocycles. The average molecular weight is 342 g/mol. The largest absolute Gasteiger partial charge is 0.507 e. The van der Waals surface area contributed by atoms with Crippen LogP contribution in [0.15, 0.2) is 84.9 Å². The lowest BCUT2D eigenvalue weighted by molar-refractivity contribution is 0.0621. The number of Topliss-reactive ketones (excluding diaryl/α,β-unsaturated/α-hetero) is 1. The topological polar surface area (TPSA) is 37.3 Å². The molecule has 0 bridgehead atoms. The lowest BCUT2D eigenvalue weighted by Crippen LogP contribution is -2.50. The van der Waals surface area contributed by atoms with E-state index in [2.05, 4.69) is 43.3 Å². The number of para-hydroxylation sites is 1. The van der Waals surface area contributed by atoms with Crippen LogP contribution in [0.25, 0.3) is 0 Å². The van der Waals surface area contributed by atoms with Crippen molar-refractivity contribution in [2.75, 3.05) is 0 Å². The Morgan fingerprint density at radius 3 is 2.12 bits per heavy atom. The van der Waals surface area contributed by atoms with Crippen LogP contribution in [0.5, 0.6) is 5.75 Å². The quantitative estimate of drug-likeness (QED) is 0.650. The van der Waals surface area contributed by atoms with Crippen molar-refractivity contribution in [3.63, 3.8) is 0 Å². The zero-order valence-electron chi connectivity index (χ0n) is 14.8. The van der Waals surface area contributed by atoms with Gasteiger partial charge in [0.1, 0.15) is 5.75 Å². The molecular formula is C24H22O2. The Hall–Kier alpha value is -2.87. The molecule has 1 N–H and O–H groups in total. The molecule has 0 radical (unpaired) electrons. The van der Waals surface area contributed by atoms with Gasteiger partial charge in [-0.2, -0.15) is 0 Å². The second kappa shape index (κ2) is 6.45. The molecule has 0 aromatic heterocycles. The van der Waals surface area contributed by atoms with Crippen molar-refractivity contribution < 1.29 is 9.90 Å². The van der Waals surface area contributed by atoms with Crippen LogP contribution < -0.4 is 0 Å². The second-order valence-corrected chi connectivity index (χ2v) is 7.36. The van der Waals surface area contributed by atoms with E-state index < -0.39 is 0 Å². The second-order valence-electron chi connectivity index (χ2n) is 7.36. The molecule has 26 heavy (non-hydrogen) atoms. The van der Waals surface area contributed by atoms with E-state index in [9.17, 15) is 9.90 Å². The number of carbonyl (C=O) groups is 1. The Bertz CT molecular complexity index is 917. The van der Waals surface area contributed by atoms with Crippen molar-refractivity contribution in [2.45, 2.75) is 24.7 Å². The molecule has 0 saturated heterocycles. The maximum atomic E-state index is 13.2. The fraction of sp³-hybridized carbons (Fsp3) is 0.208. The van der Waals surface area contributed by atoms with E-state index in [1.165, 1.54) is 11.1 Å². The first-order valence-corrected chi connectivity index (χ1v) is 9.04. The Balaban J connectivity index is 1.75. The molecule has 0 amide bonds. The molecule has 4 rings (SSSR count). The number of hydrogen-bond acceptors (Lipinski definition) is 2. The number of benzene rings is 3. The van der Waals surface area contributed by atoms with Crippen molar-refractivity contribution >= 4 is 5.78 Å². The summed E-state index contributed by atoms with van der Waals surface area (Å²) in [6, 6.07) is 27.6. The number of ketones is 1. The summed E-state index contributed by atoms with van der Waals surface area (Å²) in [4.78, 5) is 13.2. The van der Waals surface area contributed by atoms with Gasteiger partial charge in [0.25, 0.3) is 0 Å². The first-order chi connectivity index (χ1) is 12.6. The highest BCUT2D eigenvalue weighted by Crippen LogP contribution is 2.59. The predicted octanol–water partition coefficient (Wildman–Crippen LogP) is 5.34. The summed E-state index contributed by atoms with van der Waals surface area (Å²) >= 11 is 0. The standard InChI is InChI=1S/C24H22O2/c1-24(18-12-6-3-7-13-18)16-20(22(24)17-10-4-2-5-11-17)23(26)19-14-8-9-15-21(19)25/h2-15,20,22,25H,16H2,1H3/t20-,22+,24-/m1/s1. The van der Waals surface area contributed by atoms with Crippen molar-refractivity contribution in [3.05, 3.63) is 102 Å². The predicted molar refractivity (Wildman–Crippen MR) is 104 cm³/mol. The number of carbonyl (C=O) groups excluding carboxylic acids is 1. The van der Waals surface area contributed by atoms with Gasteiger partial charge in [0, 0.05) is 17.3 Å². The molecule has 0 heterocycles. The van der Waals surface area contributed by atoms with Gasteiger partial charge in [0.2, 0.25) is 0 Å². The van der Waals surface area contributed by atoms with E-state index in [1.54, 1.807) is 24.3 Å². The number of phenols is 1. The van der Waals surface area contributed by atoms with Gasteiger partial charge in [-0.3, -0.25) is 4.79 Å². The SMILES string of the molecule is C[C@]1(c2ccccc2)C[C@@H](C(=O)c2ccccc2O)[C@@H]1c1ccccc1. The van der Waals surface area contributed by atoms with Crippen molar-refractivity contribution in [1.29, 1.82) is 0 Å². The van der Waals surface area contributed by atoms with E-state index in [0.717, 1.165) is 6.42 Å². The molecule has 1 fully saturated rings. The minimum Gasteiger partial charge on any atom is -0.507 e. The molecule has 0 spiro atoms. The van der Waals surface area contributed by atoms with Crippen LogP contribution >= 0.6 is 0 Å². The highest BCUT2D eigenvalue weighted by atomic mass is 16.3. The van der Waals surface area contributed by atoms with Crippen molar-refractivity contribution in [1.82, 2.24) is 0 Å². The number of rotatable bonds is 4. The molecule has 3 aromatic carbocycles. The Morgan fingerprint density at radius 1 is 0.885 bits per heavy atom. The maximum Gasteiger partial charge on any atom is 0.170 e. The molecule has 1 saturated carbocycles. The van der Waals surface area contributed by atoms with Gasteiger partial charge < -0.3 is 5.11 Å². The normalized spacial score (nSPS) is 24.7. The molecule has 1 aliphatic carbocycles. The molecule has 2 heteroatoms. The smallest absolute Gasteiger partial charge is 0.170 e. The van der Waals surface area contributed by atoms with Gasteiger partial charge in [-0.15, -0.1) is 0 Å². The molecular weight excluding hydrogens is 320 g/mol. The summed E-state index contributed by atoms with van der Waals surface area (Å²) in [6.07, 6.45) is 0.781. The molecule has 2 nitrogen and oxygen atoms in total. The monoisotopic (exact) mass is 342 g/mol. The van der Waals surface area contributed by atoms with Crippen LogP contribution in [0.2, 0.25) is 0 Å². The zero-order chi connectivity index (χ0) is 18.1. The summed E-state index contributed by atoms with van der Waals surface area (Å²) in [5.41, 5.74) is 2.77. The third kappa shape index (κ3) is 2.62. The highest BCUT2D eigenvalue weighted by Gasteiger charge is 2.55. The van der Waals surface area contributed by atoms with Crippen LogP contribution in [-0.4, -0.2) is 10.9 Å². The van der Waals surface area contributed by atoms with Crippen LogP contribution in [0.1, 0.15) is 40.7 Å². The van der Waals surface area contributed by atoms with Gasteiger partial charge >= 0.3 is 0 Å². The third-order valence-corrected chi connectivity index (χ3v) is 5.83. The first kappa shape index (κ1) is 16.6. The summed E-state index contributed by atoms with van der Waals surface area (Å²) in [5, 5.41) is 10.1. The van der Waals surface area contributed by atoms with E-state index in [1.807, 2.05) is 24.3 Å². The minimum absolute atomic E-state index is 0.0327. The van der Waals surface area contributed by atoms with Gasteiger partial charge in [-0.1, -0.05) is 79.7 Å². The molecule has 3 aromatic rings. The van der Waals surface area contributed by atoms with E-state index in [-0.39, 0.29) is 28.8 Å². The zero-order valence-corrected chi connectivity index (χ0v) is 14.8. The lowest BCUT2D eigenvalue weighted by atomic mass is 9.48. The fourth-order valence-electron chi connectivity index (χ4n) is 4.49. The van der Waals surface area contributed by atoms with Crippen molar-refractivity contribution in [3.8, 4) is 5.75 Å². The maximum absolute atomic E-state index is 13.2. The first-order valence-electron chi connectivity index (χ1n) is 9.04. The van der Waals surface area contributed by atoms with Crippen LogP contribution in [-0.2, 0) is 5.41 Å². The number of phenolic OH excluding ortho intramolecular Hbond substituents is 1. The van der Waals surface area contributed by atoms with Gasteiger partial charge in [-0.25, -0.2) is 0 Å². The minimum atomic E-state index is -0.129. The van der Waals surface area contributed by atoms with E-state index in [4.69, 9.17) is 0 Å². The summed E-state index contributed by atoms with van der Waals surface area (Å²) in [7, 11) is 0. The lowest BCUT2D eigenvalue weighted by Gasteiger charge is -2.53. The Morgan fingerprint density at radius 2 is 1.46 bits per heavy atom. The molecule has 1 aliphatic rings. The molecule has 130 valence electrons. The van der Waals surface area contributed by atoms with Crippen LogP contribution in [0.4, 0.5) is 0 Å². The Labute approximate surface area is 154 Å². The van der Waals surface area contributed by atoms with Gasteiger partial charge in [0.05, 0.1) is 5.56 Å². The Kier molecular flexibility index (Phi) is 4.12. The van der Waals surface area contributed by atoms with Gasteiger partial charge in [-0.05, 0) is 29.7 Å². The van der Waals surface area contributed by atoms with Crippen molar-refractivity contribution in [2.24, 2.45) is 5.92 Å². The van der Waals surface area contributed by atoms with E-state index >= 15 is 0 Å². The molecule has 3 atom stereocenters. The summed E-state index contributed by atoms with van der Waals surface area (Å²) < 4.78 is 0. The highest BCUT2D eigenvalue weighted by molar-refractivity contribution is 6.01.